The van der Waals surface area contributed by atoms with E-state index in [-0.39, 0.29) is 5.41 Å². The van der Waals surface area contributed by atoms with Crippen LogP contribution in [-0.2, 0) is 0 Å². The Morgan fingerprint density at radius 1 is 1.05 bits per heavy atom. The first-order valence-corrected chi connectivity index (χ1v) is 8.18. The van der Waals surface area contributed by atoms with Crippen LogP contribution in [-0.4, -0.2) is 11.7 Å². The van der Waals surface area contributed by atoms with E-state index in [0.717, 1.165) is 25.7 Å². The van der Waals surface area contributed by atoms with Gasteiger partial charge in [0.25, 0.3) is 0 Å². The molecule has 1 aliphatic rings. The molecule has 0 bridgehead atoms. The minimum absolute atomic E-state index is 0.297. The van der Waals surface area contributed by atoms with E-state index < -0.39 is 6.10 Å². The molecule has 0 spiro atoms. The van der Waals surface area contributed by atoms with Crippen LogP contribution in [0.3, 0.4) is 0 Å². The van der Waals surface area contributed by atoms with Crippen molar-refractivity contribution in [1.82, 2.24) is 0 Å². The molecule has 1 saturated carbocycles. The van der Waals surface area contributed by atoms with Crippen LogP contribution >= 0.6 is 23.2 Å². The van der Waals surface area contributed by atoms with Gasteiger partial charge in [-0.25, -0.2) is 0 Å². The van der Waals surface area contributed by atoms with Crippen LogP contribution in [0.2, 0.25) is 10.0 Å². The summed E-state index contributed by atoms with van der Waals surface area (Å²) in [5, 5.41) is 12.0. The van der Waals surface area contributed by atoms with Crippen molar-refractivity contribution in [3.8, 4) is 0 Å². The topological polar surface area (TPSA) is 46.2 Å². The fourth-order valence-electron chi connectivity index (χ4n) is 3.28. The molecule has 1 fully saturated rings. The number of hydrogen-bond donors (Lipinski definition) is 2. The maximum absolute atomic E-state index is 10.9. The molecule has 1 aromatic rings. The van der Waals surface area contributed by atoms with Gasteiger partial charge in [0, 0.05) is 27.6 Å². The van der Waals surface area contributed by atoms with Crippen molar-refractivity contribution in [3.05, 3.63) is 33.8 Å². The number of nitrogens with two attached hydrogens (primary N) is 1. The van der Waals surface area contributed by atoms with Crippen molar-refractivity contribution in [2.75, 3.05) is 6.54 Å². The molecule has 3 N–H and O–H groups in total. The smallest absolute Gasteiger partial charge is 0.0887 e. The largest absolute Gasteiger partial charge is 0.388 e. The molecule has 0 amide bonds. The molecule has 20 heavy (non-hydrogen) atoms. The maximum Gasteiger partial charge on any atom is 0.0887 e. The third-order valence-corrected chi connectivity index (χ3v) is 5.27. The first-order chi connectivity index (χ1) is 9.60. The number of aliphatic hydroxyl groups is 1. The summed E-state index contributed by atoms with van der Waals surface area (Å²) in [5.74, 6) is 0. The Kier molecular flexibility index (Phi) is 5.74. The number of rotatable bonds is 3. The van der Waals surface area contributed by atoms with Gasteiger partial charge in [-0.2, -0.15) is 0 Å². The van der Waals surface area contributed by atoms with Gasteiger partial charge in [-0.05, 0) is 25.0 Å². The molecule has 4 heteroatoms. The Balaban J connectivity index is 2.33. The molecule has 0 aliphatic heterocycles. The summed E-state index contributed by atoms with van der Waals surface area (Å²) in [5.41, 5.74) is 6.39. The lowest BCUT2D eigenvalue weighted by atomic mass is 9.70. The first-order valence-electron chi connectivity index (χ1n) is 7.43. The van der Waals surface area contributed by atoms with Crippen molar-refractivity contribution in [2.45, 2.75) is 51.0 Å². The molecule has 112 valence electrons. The predicted molar refractivity (Wildman–Crippen MR) is 85.2 cm³/mol. The lowest BCUT2D eigenvalue weighted by molar-refractivity contribution is 0.00863. The van der Waals surface area contributed by atoms with Crippen LogP contribution in [0, 0.1) is 5.41 Å². The van der Waals surface area contributed by atoms with Crippen LogP contribution in [0.5, 0.6) is 0 Å². The lowest BCUT2D eigenvalue weighted by Gasteiger charge is -2.39. The quantitative estimate of drug-likeness (QED) is 0.848. The summed E-state index contributed by atoms with van der Waals surface area (Å²) in [6, 6.07) is 5.35. The highest BCUT2D eigenvalue weighted by Crippen LogP contribution is 2.47. The zero-order valence-corrected chi connectivity index (χ0v) is 13.3. The van der Waals surface area contributed by atoms with Crippen molar-refractivity contribution in [2.24, 2.45) is 11.1 Å². The summed E-state index contributed by atoms with van der Waals surface area (Å²) in [7, 11) is 0. The Labute approximate surface area is 131 Å². The molecule has 1 unspecified atom stereocenters. The average Bonchev–Trinajstić information content (AvgIpc) is 2.39. The Bertz CT molecular complexity index is 422. The van der Waals surface area contributed by atoms with Crippen LogP contribution in [0.4, 0.5) is 0 Å². The van der Waals surface area contributed by atoms with Crippen LogP contribution in [0.15, 0.2) is 18.2 Å². The van der Waals surface area contributed by atoms with Gasteiger partial charge in [-0.1, -0.05) is 61.4 Å². The minimum Gasteiger partial charge on any atom is -0.388 e. The van der Waals surface area contributed by atoms with E-state index in [0.29, 0.717) is 22.2 Å². The van der Waals surface area contributed by atoms with E-state index in [9.17, 15) is 5.11 Å². The molecule has 0 aromatic heterocycles. The van der Waals surface area contributed by atoms with Crippen LogP contribution < -0.4 is 5.73 Å². The van der Waals surface area contributed by atoms with Crippen LogP contribution in [0.1, 0.15) is 56.6 Å². The molecule has 0 radical (unpaired) electrons. The number of benzene rings is 1. The Hall–Kier alpha value is -0.280. The second kappa shape index (κ2) is 7.13. The normalized spacial score (nSPS) is 21.0. The highest BCUT2D eigenvalue weighted by Gasteiger charge is 2.39. The van der Waals surface area contributed by atoms with E-state index in [1.807, 2.05) is 0 Å². The summed E-state index contributed by atoms with van der Waals surface area (Å²) in [4.78, 5) is 0. The zero-order chi connectivity index (χ0) is 14.6. The van der Waals surface area contributed by atoms with Crippen molar-refractivity contribution in [3.63, 3.8) is 0 Å². The van der Waals surface area contributed by atoms with Crippen molar-refractivity contribution < 1.29 is 5.11 Å². The van der Waals surface area contributed by atoms with E-state index >= 15 is 0 Å². The number of aliphatic hydroxyl groups excluding tert-OH is 1. The lowest BCUT2D eigenvalue weighted by Crippen LogP contribution is -2.37. The summed E-state index contributed by atoms with van der Waals surface area (Å²) < 4.78 is 0. The molecule has 0 saturated heterocycles. The van der Waals surface area contributed by atoms with E-state index in [2.05, 4.69) is 0 Å². The number of hydrogen-bond acceptors (Lipinski definition) is 2. The van der Waals surface area contributed by atoms with E-state index in [1.54, 1.807) is 18.2 Å². The predicted octanol–water partition coefficient (Wildman–Crippen LogP) is 4.72. The molecule has 2 rings (SSSR count). The molecular formula is C16H23Cl2NO. The van der Waals surface area contributed by atoms with Gasteiger partial charge < -0.3 is 10.8 Å². The average molecular weight is 316 g/mol. The fourth-order valence-corrected chi connectivity index (χ4v) is 3.88. The monoisotopic (exact) mass is 315 g/mol. The molecule has 1 atom stereocenters. The van der Waals surface area contributed by atoms with Crippen LogP contribution in [0.25, 0.3) is 0 Å². The van der Waals surface area contributed by atoms with Gasteiger partial charge in [0.1, 0.15) is 0 Å². The van der Waals surface area contributed by atoms with Gasteiger partial charge >= 0.3 is 0 Å². The van der Waals surface area contributed by atoms with Gasteiger partial charge in [-0.3, -0.25) is 0 Å². The Morgan fingerprint density at radius 3 is 2.05 bits per heavy atom. The maximum atomic E-state index is 10.9. The Morgan fingerprint density at radius 2 is 1.55 bits per heavy atom. The molecule has 1 aliphatic carbocycles. The third-order valence-electron chi connectivity index (χ3n) is 4.61. The summed E-state index contributed by atoms with van der Waals surface area (Å²) in [6.07, 6.45) is 7.11. The van der Waals surface area contributed by atoms with E-state index in [4.69, 9.17) is 28.9 Å². The second-order valence-corrected chi connectivity index (χ2v) is 6.69. The van der Waals surface area contributed by atoms with Crippen molar-refractivity contribution >= 4 is 23.2 Å². The number of halogens is 2. The summed E-state index contributed by atoms with van der Waals surface area (Å²) >= 11 is 12.5. The van der Waals surface area contributed by atoms with Crippen molar-refractivity contribution in [1.29, 1.82) is 0 Å². The zero-order valence-electron chi connectivity index (χ0n) is 11.7. The fraction of sp³-hybridized carbons (Fsp3) is 0.625. The SMILES string of the molecule is NCC1(C(O)c2c(Cl)cccc2Cl)CCCCCCC1. The minimum atomic E-state index is -0.688. The van der Waals surface area contributed by atoms with Gasteiger partial charge in [0.15, 0.2) is 0 Å². The first kappa shape index (κ1) is 16.1. The highest BCUT2D eigenvalue weighted by molar-refractivity contribution is 6.36. The third kappa shape index (κ3) is 3.30. The second-order valence-electron chi connectivity index (χ2n) is 5.87. The standard InChI is InChI=1S/C16H23Cl2NO/c17-12-7-6-8-13(18)14(12)15(20)16(11-19)9-4-2-1-3-5-10-16/h6-8,15,20H,1-5,9-11,19H2. The van der Waals surface area contributed by atoms with Gasteiger partial charge in [0.05, 0.1) is 6.10 Å². The van der Waals surface area contributed by atoms with Gasteiger partial charge in [-0.15, -0.1) is 0 Å². The molecule has 1 aromatic carbocycles. The van der Waals surface area contributed by atoms with E-state index in [1.165, 1.54) is 19.3 Å². The van der Waals surface area contributed by atoms with Gasteiger partial charge in [0.2, 0.25) is 0 Å². The molecular weight excluding hydrogens is 293 g/mol. The summed E-state index contributed by atoms with van der Waals surface area (Å²) in [6.45, 7) is 0.468. The molecule has 0 heterocycles. The highest BCUT2D eigenvalue weighted by atomic mass is 35.5. The molecule has 2 nitrogen and oxygen atoms in total.